The fourth-order valence-corrected chi connectivity index (χ4v) is 1.94. The van der Waals surface area contributed by atoms with Gasteiger partial charge in [-0.15, -0.1) is 0 Å². The molecule has 0 amide bonds. The van der Waals surface area contributed by atoms with Gasteiger partial charge in [-0.25, -0.2) is 0 Å². The van der Waals surface area contributed by atoms with Crippen LogP contribution in [-0.2, 0) is 13.6 Å². The zero-order valence-electron chi connectivity index (χ0n) is 11.4. The minimum atomic E-state index is 0.125. The van der Waals surface area contributed by atoms with Crippen molar-refractivity contribution in [2.45, 2.75) is 46.1 Å². The van der Waals surface area contributed by atoms with E-state index in [1.54, 1.807) is 4.57 Å². The van der Waals surface area contributed by atoms with Crippen LogP contribution in [0.1, 0.15) is 50.8 Å². The van der Waals surface area contributed by atoms with Gasteiger partial charge in [0.1, 0.15) is 0 Å². The van der Waals surface area contributed by atoms with Crippen LogP contribution in [0.15, 0.2) is 16.9 Å². The van der Waals surface area contributed by atoms with Crippen molar-refractivity contribution in [3.8, 4) is 0 Å². The van der Waals surface area contributed by atoms with Crippen molar-refractivity contribution in [1.82, 2.24) is 9.88 Å². The summed E-state index contributed by atoms with van der Waals surface area (Å²) in [5.41, 5.74) is 2.07. The second kappa shape index (κ2) is 6.60. The predicted octanol–water partition coefficient (Wildman–Crippen LogP) is 2.40. The Morgan fingerprint density at radius 1 is 1.35 bits per heavy atom. The first-order valence-corrected chi connectivity index (χ1v) is 6.47. The van der Waals surface area contributed by atoms with Gasteiger partial charge in [0.25, 0.3) is 5.56 Å². The standard InChI is InChI=1S/C14H24N2O/c1-5-6-9-15-10-12-7-8-13(11(2)3)16(4)14(12)17/h7-8,11,15H,5-6,9-10H2,1-4H3. The van der Waals surface area contributed by atoms with Crippen LogP contribution in [0.4, 0.5) is 0 Å². The Bertz CT molecular complexity index is 407. The first-order valence-electron chi connectivity index (χ1n) is 6.47. The highest BCUT2D eigenvalue weighted by atomic mass is 16.1. The van der Waals surface area contributed by atoms with Gasteiger partial charge in [-0.05, 0) is 24.9 Å². The largest absolute Gasteiger partial charge is 0.315 e. The van der Waals surface area contributed by atoms with Crippen molar-refractivity contribution >= 4 is 0 Å². The van der Waals surface area contributed by atoms with E-state index in [1.165, 1.54) is 6.42 Å². The van der Waals surface area contributed by atoms with Crippen molar-refractivity contribution in [1.29, 1.82) is 0 Å². The molecular weight excluding hydrogens is 212 g/mol. The Labute approximate surface area is 104 Å². The van der Waals surface area contributed by atoms with Crippen LogP contribution >= 0.6 is 0 Å². The van der Waals surface area contributed by atoms with Gasteiger partial charge < -0.3 is 9.88 Å². The Balaban J connectivity index is 2.75. The van der Waals surface area contributed by atoms with E-state index in [4.69, 9.17) is 0 Å². The number of rotatable bonds is 6. The molecule has 1 aromatic heterocycles. The van der Waals surface area contributed by atoms with Gasteiger partial charge in [-0.2, -0.15) is 0 Å². The number of unbranched alkanes of at least 4 members (excludes halogenated alkanes) is 1. The quantitative estimate of drug-likeness (QED) is 0.770. The van der Waals surface area contributed by atoms with Gasteiger partial charge in [-0.3, -0.25) is 4.79 Å². The molecule has 0 aliphatic rings. The van der Waals surface area contributed by atoms with Crippen molar-refractivity contribution < 1.29 is 0 Å². The average molecular weight is 236 g/mol. The molecule has 1 rings (SSSR count). The second-order valence-corrected chi connectivity index (χ2v) is 4.83. The van der Waals surface area contributed by atoms with Gasteiger partial charge in [0, 0.05) is 24.8 Å². The summed E-state index contributed by atoms with van der Waals surface area (Å²) in [5, 5.41) is 3.31. The summed E-state index contributed by atoms with van der Waals surface area (Å²) >= 11 is 0. The normalized spacial score (nSPS) is 11.1. The van der Waals surface area contributed by atoms with Crippen LogP contribution in [0.25, 0.3) is 0 Å². The summed E-state index contributed by atoms with van der Waals surface area (Å²) in [5.74, 6) is 0.384. The smallest absolute Gasteiger partial charge is 0.254 e. The lowest BCUT2D eigenvalue weighted by Gasteiger charge is -2.13. The molecule has 0 aliphatic heterocycles. The molecule has 1 heterocycles. The zero-order valence-corrected chi connectivity index (χ0v) is 11.4. The summed E-state index contributed by atoms with van der Waals surface area (Å²) in [4.78, 5) is 12.1. The SMILES string of the molecule is CCCCNCc1ccc(C(C)C)n(C)c1=O. The summed E-state index contributed by atoms with van der Waals surface area (Å²) < 4.78 is 1.77. The third-order valence-corrected chi connectivity index (χ3v) is 3.04. The molecule has 0 aliphatic carbocycles. The molecule has 0 aromatic carbocycles. The molecule has 3 nitrogen and oxygen atoms in total. The maximum atomic E-state index is 12.1. The van der Waals surface area contributed by atoms with Crippen LogP contribution in [0.3, 0.4) is 0 Å². The van der Waals surface area contributed by atoms with Crippen LogP contribution in [-0.4, -0.2) is 11.1 Å². The molecule has 0 bridgehead atoms. The van der Waals surface area contributed by atoms with E-state index >= 15 is 0 Å². The number of aromatic nitrogens is 1. The highest BCUT2D eigenvalue weighted by molar-refractivity contribution is 5.18. The summed E-state index contributed by atoms with van der Waals surface area (Å²) in [6, 6.07) is 4.01. The summed E-state index contributed by atoms with van der Waals surface area (Å²) in [6.07, 6.45) is 2.34. The molecule has 17 heavy (non-hydrogen) atoms. The van der Waals surface area contributed by atoms with Crippen LogP contribution < -0.4 is 10.9 Å². The molecule has 0 fully saturated rings. The Hall–Kier alpha value is -1.09. The Morgan fingerprint density at radius 2 is 2.06 bits per heavy atom. The molecule has 1 aromatic rings. The summed E-state index contributed by atoms with van der Waals surface area (Å²) in [6.45, 7) is 8.02. The molecule has 0 unspecified atom stereocenters. The molecule has 1 N–H and O–H groups in total. The van der Waals surface area contributed by atoms with Crippen molar-refractivity contribution in [3.63, 3.8) is 0 Å². The average Bonchev–Trinajstić information content (AvgIpc) is 2.29. The van der Waals surface area contributed by atoms with E-state index in [0.29, 0.717) is 12.5 Å². The molecule has 3 heteroatoms. The number of hydrogen-bond donors (Lipinski definition) is 1. The minimum Gasteiger partial charge on any atom is -0.315 e. The molecule has 96 valence electrons. The topological polar surface area (TPSA) is 34.0 Å². The number of pyridine rings is 1. The van der Waals surface area contributed by atoms with Crippen molar-refractivity contribution in [3.05, 3.63) is 33.7 Å². The van der Waals surface area contributed by atoms with Gasteiger partial charge in [0.15, 0.2) is 0 Å². The highest BCUT2D eigenvalue weighted by Gasteiger charge is 2.07. The van der Waals surface area contributed by atoms with E-state index in [-0.39, 0.29) is 5.56 Å². The van der Waals surface area contributed by atoms with Gasteiger partial charge in [0.05, 0.1) is 0 Å². The lowest BCUT2D eigenvalue weighted by Crippen LogP contribution is -2.28. The molecule has 0 atom stereocenters. The fourth-order valence-electron chi connectivity index (χ4n) is 1.94. The fraction of sp³-hybridized carbons (Fsp3) is 0.643. The predicted molar refractivity (Wildman–Crippen MR) is 72.4 cm³/mol. The molecule has 0 saturated carbocycles. The van der Waals surface area contributed by atoms with E-state index in [1.807, 2.05) is 13.1 Å². The van der Waals surface area contributed by atoms with Gasteiger partial charge >= 0.3 is 0 Å². The third-order valence-electron chi connectivity index (χ3n) is 3.04. The lowest BCUT2D eigenvalue weighted by molar-refractivity contribution is 0.627. The first-order chi connectivity index (χ1) is 8.07. The lowest BCUT2D eigenvalue weighted by atomic mass is 10.1. The Kier molecular flexibility index (Phi) is 5.42. The van der Waals surface area contributed by atoms with E-state index < -0.39 is 0 Å². The van der Waals surface area contributed by atoms with Crippen molar-refractivity contribution in [2.24, 2.45) is 7.05 Å². The highest BCUT2D eigenvalue weighted by Crippen LogP contribution is 2.11. The van der Waals surface area contributed by atoms with E-state index in [9.17, 15) is 4.79 Å². The van der Waals surface area contributed by atoms with Crippen LogP contribution in [0.2, 0.25) is 0 Å². The molecule has 0 radical (unpaired) electrons. The summed E-state index contributed by atoms with van der Waals surface area (Å²) in [7, 11) is 1.85. The van der Waals surface area contributed by atoms with E-state index in [2.05, 4.69) is 32.2 Å². The van der Waals surface area contributed by atoms with Crippen LogP contribution in [0.5, 0.6) is 0 Å². The third kappa shape index (κ3) is 3.70. The molecular formula is C14H24N2O. The van der Waals surface area contributed by atoms with Gasteiger partial charge in [0.2, 0.25) is 0 Å². The number of nitrogens with zero attached hydrogens (tertiary/aromatic N) is 1. The molecule has 0 spiro atoms. The second-order valence-electron chi connectivity index (χ2n) is 4.83. The molecule has 0 saturated heterocycles. The maximum Gasteiger partial charge on any atom is 0.254 e. The van der Waals surface area contributed by atoms with Crippen LogP contribution in [0, 0.1) is 0 Å². The van der Waals surface area contributed by atoms with Crippen molar-refractivity contribution in [2.75, 3.05) is 6.54 Å². The number of hydrogen-bond acceptors (Lipinski definition) is 2. The monoisotopic (exact) mass is 236 g/mol. The maximum absolute atomic E-state index is 12.1. The first kappa shape index (κ1) is 14.0. The Morgan fingerprint density at radius 3 is 2.65 bits per heavy atom. The number of nitrogens with one attached hydrogen (secondary N) is 1. The minimum absolute atomic E-state index is 0.125. The van der Waals surface area contributed by atoms with Gasteiger partial charge in [-0.1, -0.05) is 33.3 Å². The zero-order chi connectivity index (χ0) is 12.8. The van der Waals surface area contributed by atoms with E-state index in [0.717, 1.165) is 24.2 Å².